The van der Waals surface area contributed by atoms with Gasteiger partial charge < -0.3 is 5.43 Å². The highest BCUT2D eigenvalue weighted by Gasteiger charge is 2.14. The Bertz CT molecular complexity index is 579. The van der Waals surface area contributed by atoms with Gasteiger partial charge in [0.05, 0.1) is 11.1 Å². The van der Waals surface area contributed by atoms with Crippen molar-refractivity contribution in [3.8, 4) is 0 Å². The van der Waals surface area contributed by atoms with Crippen LogP contribution in [0.1, 0.15) is 0 Å². The Morgan fingerprint density at radius 1 is 1.24 bits per heavy atom. The van der Waals surface area contributed by atoms with Gasteiger partial charge in [-0.05, 0) is 24.3 Å². The number of nitrogens with zero attached hydrogens (tertiary/aromatic N) is 2. The second kappa shape index (κ2) is 4.65. The standard InChI is InChI=1S/C8H9N5O2S2/c9-11-6-1-3-7(4-2-6)17(14,15)12-8-5-10-13-16-8/h1-5,11-12H,9H2. The molecule has 4 N–H and O–H groups in total. The molecule has 0 aliphatic rings. The second-order valence-electron chi connectivity index (χ2n) is 3.06. The third-order valence-electron chi connectivity index (χ3n) is 1.93. The zero-order valence-electron chi connectivity index (χ0n) is 8.49. The van der Waals surface area contributed by atoms with Crippen LogP contribution in [0.4, 0.5) is 10.7 Å². The molecule has 1 aromatic carbocycles. The number of hydrazine groups is 1. The summed E-state index contributed by atoms with van der Waals surface area (Å²) in [5, 5.41) is 3.91. The van der Waals surface area contributed by atoms with Gasteiger partial charge >= 0.3 is 0 Å². The summed E-state index contributed by atoms with van der Waals surface area (Å²) < 4.78 is 29.7. The number of anilines is 2. The third-order valence-corrected chi connectivity index (χ3v) is 4.02. The molecule has 0 aliphatic carbocycles. The lowest BCUT2D eigenvalue weighted by Gasteiger charge is -2.05. The molecule has 0 unspecified atom stereocenters. The van der Waals surface area contributed by atoms with Crippen LogP contribution in [-0.2, 0) is 10.0 Å². The SMILES string of the molecule is NNc1ccc(S(=O)(=O)Nc2cnns2)cc1. The van der Waals surface area contributed by atoms with Crippen LogP contribution in [0.15, 0.2) is 35.4 Å². The van der Waals surface area contributed by atoms with Crippen LogP contribution >= 0.6 is 11.5 Å². The molecule has 90 valence electrons. The molecule has 0 bridgehead atoms. The molecule has 0 saturated heterocycles. The Balaban J connectivity index is 2.25. The number of rotatable bonds is 4. The fourth-order valence-corrected chi connectivity index (χ4v) is 2.82. The van der Waals surface area contributed by atoms with Crippen molar-refractivity contribution >= 4 is 32.2 Å². The van der Waals surface area contributed by atoms with Crippen molar-refractivity contribution in [3.63, 3.8) is 0 Å². The maximum atomic E-state index is 11.9. The average molecular weight is 271 g/mol. The normalized spacial score (nSPS) is 11.1. The molecular weight excluding hydrogens is 262 g/mol. The minimum absolute atomic E-state index is 0.143. The van der Waals surface area contributed by atoms with E-state index < -0.39 is 10.0 Å². The number of nitrogens with two attached hydrogens (primary N) is 1. The molecule has 2 aromatic rings. The van der Waals surface area contributed by atoms with Crippen molar-refractivity contribution < 1.29 is 8.42 Å². The van der Waals surface area contributed by atoms with Crippen molar-refractivity contribution in [1.82, 2.24) is 9.59 Å². The monoisotopic (exact) mass is 271 g/mol. The van der Waals surface area contributed by atoms with E-state index in [4.69, 9.17) is 5.84 Å². The predicted molar refractivity (Wildman–Crippen MR) is 65.0 cm³/mol. The minimum atomic E-state index is -3.60. The number of nitrogen functional groups attached to an aromatic ring is 1. The first-order valence-electron chi connectivity index (χ1n) is 4.49. The second-order valence-corrected chi connectivity index (χ2v) is 5.52. The number of sulfonamides is 1. The van der Waals surface area contributed by atoms with Gasteiger partial charge in [-0.15, -0.1) is 5.10 Å². The quantitative estimate of drug-likeness (QED) is 0.555. The summed E-state index contributed by atoms with van der Waals surface area (Å²) in [5.74, 6) is 5.19. The topological polar surface area (TPSA) is 110 Å². The summed E-state index contributed by atoms with van der Waals surface area (Å²) in [6.45, 7) is 0. The highest BCUT2D eigenvalue weighted by atomic mass is 32.2. The van der Waals surface area contributed by atoms with E-state index in [2.05, 4.69) is 19.7 Å². The highest BCUT2D eigenvalue weighted by Crippen LogP contribution is 2.18. The Morgan fingerprint density at radius 3 is 2.47 bits per heavy atom. The minimum Gasteiger partial charge on any atom is -0.324 e. The summed E-state index contributed by atoms with van der Waals surface area (Å²) >= 11 is 0.968. The van der Waals surface area contributed by atoms with Crippen molar-refractivity contribution in [2.45, 2.75) is 4.90 Å². The molecule has 1 aromatic heterocycles. The Hall–Kier alpha value is -1.71. The zero-order chi connectivity index (χ0) is 12.3. The van der Waals surface area contributed by atoms with Crippen LogP contribution in [0.5, 0.6) is 0 Å². The van der Waals surface area contributed by atoms with Crippen LogP contribution in [-0.4, -0.2) is 18.0 Å². The molecule has 0 atom stereocenters. The lowest BCUT2D eigenvalue weighted by Crippen LogP contribution is -2.12. The third kappa shape index (κ3) is 2.70. The zero-order valence-corrected chi connectivity index (χ0v) is 10.1. The van der Waals surface area contributed by atoms with Crippen LogP contribution in [0.25, 0.3) is 0 Å². The molecule has 0 spiro atoms. The van der Waals surface area contributed by atoms with Gasteiger partial charge in [-0.2, -0.15) is 0 Å². The lowest BCUT2D eigenvalue weighted by molar-refractivity contribution is 0.601. The molecule has 7 nitrogen and oxygen atoms in total. The molecule has 0 radical (unpaired) electrons. The van der Waals surface area contributed by atoms with Crippen molar-refractivity contribution in [2.75, 3.05) is 10.1 Å². The number of aromatic nitrogens is 2. The smallest absolute Gasteiger partial charge is 0.262 e. The van der Waals surface area contributed by atoms with E-state index in [-0.39, 0.29) is 4.90 Å². The molecule has 0 amide bonds. The van der Waals surface area contributed by atoms with Gasteiger partial charge in [-0.25, -0.2) is 8.42 Å². The molecular formula is C8H9N5O2S2. The fourth-order valence-electron chi connectivity index (χ4n) is 1.13. The summed E-state index contributed by atoms with van der Waals surface area (Å²) in [6, 6.07) is 6.04. The highest BCUT2D eigenvalue weighted by molar-refractivity contribution is 7.93. The van der Waals surface area contributed by atoms with Crippen LogP contribution in [0, 0.1) is 0 Å². The van der Waals surface area contributed by atoms with Crippen molar-refractivity contribution in [1.29, 1.82) is 0 Å². The molecule has 17 heavy (non-hydrogen) atoms. The first-order chi connectivity index (χ1) is 8.12. The molecule has 0 saturated carbocycles. The summed E-state index contributed by atoms with van der Waals surface area (Å²) in [5.41, 5.74) is 3.05. The fraction of sp³-hybridized carbons (Fsp3) is 0. The maximum Gasteiger partial charge on any atom is 0.262 e. The van der Waals surface area contributed by atoms with E-state index in [1.807, 2.05) is 0 Å². The number of hydrogen-bond donors (Lipinski definition) is 3. The van der Waals surface area contributed by atoms with Gasteiger partial charge in [0, 0.05) is 17.2 Å². The lowest BCUT2D eigenvalue weighted by atomic mass is 10.3. The number of nitrogens with one attached hydrogen (secondary N) is 2. The average Bonchev–Trinajstić information content (AvgIpc) is 2.81. The summed E-state index contributed by atoms with van der Waals surface area (Å²) in [4.78, 5) is 0.143. The van der Waals surface area contributed by atoms with Gasteiger partial charge in [-0.1, -0.05) is 4.49 Å². The molecule has 2 rings (SSSR count). The Labute approximate surface area is 102 Å². The van der Waals surface area contributed by atoms with E-state index >= 15 is 0 Å². The van der Waals surface area contributed by atoms with E-state index in [0.29, 0.717) is 10.7 Å². The largest absolute Gasteiger partial charge is 0.324 e. The van der Waals surface area contributed by atoms with Crippen LogP contribution in [0.3, 0.4) is 0 Å². The van der Waals surface area contributed by atoms with E-state index in [1.165, 1.54) is 18.3 Å². The Morgan fingerprint density at radius 2 is 1.94 bits per heavy atom. The molecule has 0 fully saturated rings. The molecule has 0 aliphatic heterocycles. The van der Waals surface area contributed by atoms with E-state index in [1.54, 1.807) is 12.1 Å². The number of hydrogen-bond acceptors (Lipinski definition) is 7. The Kier molecular flexibility index (Phi) is 3.22. The van der Waals surface area contributed by atoms with Crippen LogP contribution < -0.4 is 16.0 Å². The summed E-state index contributed by atoms with van der Waals surface area (Å²) in [6.07, 6.45) is 1.35. The maximum absolute atomic E-state index is 11.9. The van der Waals surface area contributed by atoms with Crippen molar-refractivity contribution in [2.24, 2.45) is 5.84 Å². The number of benzene rings is 1. The van der Waals surface area contributed by atoms with Gasteiger partial charge in [0.15, 0.2) is 0 Å². The van der Waals surface area contributed by atoms with Gasteiger partial charge in [0.2, 0.25) is 0 Å². The van der Waals surface area contributed by atoms with Crippen LogP contribution in [0.2, 0.25) is 0 Å². The van der Waals surface area contributed by atoms with E-state index in [9.17, 15) is 8.42 Å². The van der Waals surface area contributed by atoms with Gasteiger partial charge in [0.25, 0.3) is 10.0 Å². The van der Waals surface area contributed by atoms with Gasteiger partial charge in [0.1, 0.15) is 5.00 Å². The van der Waals surface area contributed by atoms with E-state index in [0.717, 1.165) is 11.5 Å². The predicted octanol–water partition coefficient (Wildman–Crippen LogP) is 0.625. The molecule has 9 heteroatoms. The first kappa shape index (κ1) is 11.8. The van der Waals surface area contributed by atoms with Gasteiger partial charge in [-0.3, -0.25) is 10.6 Å². The molecule has 1 heterocycles. The first-order valence-corrected chi connectivity index (χ1v) is 6.74. The summed E-state index contributed by atoms with van der Waals surface area (Å²) in [7, 11) is -3.60. The van der Waals surface area contributed by atoms with Crippen molar-refractivity contribution in [3.05, 3.63) is 30.5 Å².